The van der Waals surface area contributed by atoms with Crippen molar-refractivity contribution in [1.29, 1.82) is 0 Å². The van der Waals surface area contributed by atoms with Gasteiger partial charge in [0.05, 0.1) is 16.4 Å². The van der Waals surface area contributed by atoms with Crippen LogP contribution in [0.3, 0.4) is 0 Å². The molecule has 1 N–H and O–H groups in total. The minimum Gasteiger partial charge on any atom is -0.455 e. The number of benzene rings is 1. The zero-order valence-electron chi connectivity index (χ0n) is 13.8. The normalized spacial score (nSPS) is 18.6. The quantitative estimate of drug-likeness (QED) is 0.786. The Bertz CT molecular complexity index is 864. The number of nitrogens with one attached hydrogen (secondary N) is 1. The molecule has 1 aromatic carbocycles. The summed E-state index contributed by atoms with van der Waals surface area (Å²) >= 11 is 1.15. The Balaban J connectivity index is 1.52. The van der Waals surface area contributed by atoms with Crippen molar-refractivity contribution in [1.82, 2.24) is 5.32 Å². The summed E-state index contributed by atoms with van der Waals surface area (Å²) in [7, 11) is 0. The van der Waals surface area contributed by atoms with E-state index in [4.69, 9.17) is 4.74 Å². The molecular formula is C18H14F3NO4S. The van der Waals surface area contributed by atoms with Crippen LogP contribution in [0.25, 0.3) is 0 Å². The minimum absolute atomic E-state index is 0.0456. The van der Waals surface area contributed by atoms with Gasteiger partial charge in [-0.1, -0.05) is 24.3 Å². The van der Waals surface area contributed by atoms with Crippen molar-refractivity contribution in [3.8, 4) is 0 Å². The summed E-state index contributed by atoms with van der Waals surface area (Å²) in [6.07, 6.45) is -4.28. The molecule has 3 rings (SSSR count). The smallest absolute Gasteiger partial charge is 0.416 e. The topological polar surface area (TPSA) is 72.5 Å². The third-order valence-corrected chi connectivity index (χ3v) is 4.97. The van der Waals surface area contributed by atoms with E-state index < -0.39 is 48.0 Å². The second-order valence-electron chi connectivity index (χ2n) is 6.00. The molecule has 1 aliphatic rings. The van der Waals surface area contributed by atoms with E-state index in [9.17, 15) is 27.6 Å². The Morgan fingerprint density at radius 3 is 2.56 bits per heavy atom. The number of imide groups is 1. The van der Waals surface area contributed by atoms with Crippen LogP contribution in [0, 0.1) is 5.92 Å². The molecule has 1 heterocycles. The van der Waals surface area contributed by atoms with Crippen molar-refractivity contribution < 1.29 is 32.3 Å². The van der Waals surface area contributed by atoms with Gasteiger partial charge in [0.2, 0.25) is 0 Å². The molecule has 0 radical (unpaired) electrons. The van der Waals surface area contributed by atoms with E-state index >= 15 is 0 Å². The second kappa shape index (κ2) is 7.51. The average Bonchev–Trinajstić information content (AvgIpc) is 3.22. The molecule has 9 heteroatoms. The van der Waals surface area contributed by atoms with Crippen LogP contribution in [0.2, 0.25) is 0 Å². The van der Waals surface area contributed by atoms with Gasteiger partial charge in [-0.05, 0) is 35.4 Å². The Morgan fingerprint density at radius 1 is 1.15 bits per heavy atom. The van der Waals surface area contributed by atoms with Crippen molar-refractivity contribution in [3.63, 3.8) is 0 Å². The molecule has 5 nitrogen and oxygen atoms in total. The second-order valence-corrected chi connectivity index (χ2v) is 6.94. The number of thiophene rings is 1. The summed E-state index contributed by atoms with van der Waals surface area (Å²) in [5.74, 6) is -3.47. The fraction of sp³-hybridized carbons (Fsp3) is 0.278. The van der Waals surface area contributed by atoms with Crippen molar-refractivity contribution >= 4 is 29.1 Å². The van der Waals surface area contributed by atoms with Crippen LogP contribution >= 0.6 is 11.3 Å². The average molecular weight is 397 g/mol. The predicted octanol–water partition coefficient (Wildman–Crippen LogP) is 3.37. The Hall–Kier alpha value is -2.68. The number of amides is 2. The van der Waals surface area contributed by atoms with Crippen molar-refractivity contribution in [2.24, 2.45) is 5.92 Å². The van der Waals surface area contributed by atoms with E-state index in [1.54, 1.807) is 11.4 Å². The lowest BCUT2D eigenvalue weighted by Crippen LogP contribution is -2.33. The first-order chi connectivity index (χ1) is 12.8. The highest BCUT2D eigenvalue weighted by Gasteiger charge is 2.48. The number of rotatable bonds is 5. The zero-order chi connectivity index (χ0) is 19.6. The Labute approximate surface area is 156 Å². The first-order valence-corrected chi connectivity index (χ1v) is 8.86. The number of alkyl halides is 3. The molecule has 2 amide bonds. The molecule has 1 saturated carbocycles. The monoisotopic (exact) mass is 397 g/mol. The van der Waals surface area contributed by atoms with Crippen molar-refractivity contribution in [3.05, 3.63) is 57.8 Å². The van der Waals surface area contributed by atoms with Gasteiger partial charge in [0, 0.05) is 0 Å². The van der Waals surface area contributed by atoms with E-state index in [2.05, 4.69) is 5.32 Å². The van der Waals surface area contributed by atoms with Gasteiger partial charge in [0.1, 0.15) is 0 Å². The molecule has 27 heavy (non-hydrogen) atoms. The van der Waals surface area contributed by atoms with Gasteiger partial charge in [0.15, 0.2) is 6.61 Å². The lowest BCUT2D eigenvalue weighted by molar-refractivity contribution is -0.149. The number of halogens is 3. The van der Waals surface area contributed by atoms with Gasteiger partial charge < -0.3 is 4.74 Å². The highest BCUT2D eigenvalue weighted by Crippen LogP contribution is 2.51. The van der Waals surface area contributed by atoms with Crippen molar-refractivity contribution in [2.75, 3.05) is 6.61 Å². The fourth-order valence-corrected chi connectivity index (χ4v) is 3.37. The summed E-state index contributed by atoms with van der Waals surface area (Å²) < 4.78 is 44.0. The Kier molecular flexibility index (Phi) is 5.31. The first-order valence-electron chi connectivity index (χ1n) is 7.98. The molecule has 2 aromatic rings. The molecule has 1 aliphatic carbocycles. The summed E-state index contributed by atoms with van der Waals surface area (Å²) in [4.78, 5) is 35.7. The van der Waals surface area contributed by atoms with Gasteiger partial charge in [0.25, 0.3) is 11.8 Å². The lowest BCUT2D eigenvalue weighted by Gasteiger charge is -2.12. The van der Waals surface area contributed by atoms with Crippen LogP contribution in [0.1, 0.15) is 33.1 Å². The summed E-state index contributed by atoms with van der Waals surface area (Å²) in [6, 6.07) is 8.26. The standard InChI is InChI=1S/C18H14F3NO4S/c19-18(20,21)13-5-2-1-4-10(13)11-8-12(11)17(25)26-9-15(23)22-16(24)14-6-3-7-27-14/h1-7,11-12H,8-9H2,(H,22,23,24)/t11-,12-/m1/s1. The van der Waals surface area contributed by atoms with Gasteiger partial charge in [-0.2, -0.15) is 13.2 Å². The Morgan fingerprint density at radius 2 is 1.89 bits per heavy atom. The van der Waals surface area contributed by atoms with Crippen LogP contribution in [0.4, 0.5) is 13.2 Å². The molecule has 1 aromatic heterocycles. The zero-order valence-corrected chi connectivity index (χ0v) is 14.6. The van der Waals surface area contributed by atoms with E-state index in [0.29, 0.717) is 4.88 Å². The third-order valence-electron chi connectivity index (χ3n) is 4.10. The minimum atomic E-state index is -4.50. The predicted molar refractivity (Wildman–Crippen MR) is 90.0 cm³/mol. The fourth-order valence-electron chi connectivity index (χ4n) is 2.75. The molecule has 2 atom stereocenters. The number of hydrogen-bond acceptors (Lipinski definition) is 5. The largest absolute Gasteiger partial charge is 0.455 e. The van der Waals surface area contributed by atoms with Crippen molar-refractivity contribution in [2.45, 2.75) is 18.5 Å². The summed E-state index contributed by atoms with van der Waals surface area (Å²) in [5, 5.41) is 3.75. The number of esters is 1. The SMILES string of the molecule is O=C(COC(=O)[C@@H]1C[C@@H]1c1ccccc1C(F)(F)F)NC(=O)c1cccs1. The molecule has 0 spiro atoms. The van der Waals surface area contributed by atoms with Crippen LogP contribution in [0.15, 0.2) is 41.8 Å². The number of carbonyl (C=O) groups excluding carboxylic acids is 3. The molecule has 142 valence electrons. The van der Waals surface area contributed by atoms with Crippen LogP contribution in [-0.2, 0) is 20.5 Å². The number of ether oxygens (including phenoxy) is 1. The molecule has 1 fully saturated rings. The van der Waals surface area contributed by atoms with E-state index in [1.807, 2.05) is 0 Å². The maximum atomic E-state index is 13.1. The van der Waals surface area contributed by atoms with Crippen LogP contribution in [0.5, 0.6) is 0 Å². The number of hydrogen-bond donors (Lipinski definition) is 1. The molecule has 0 aliphatic heterocycles. The summed E-state index contributed by atoms with van der Waals surface area (Å²) in [6.45, 7) is -0.667. The molecule has 0 bridgehead atoms. The van der Waals surface area contributed by atoms with Gasteiger partial charge >= 0.3 is 12.1 Å². The first kappa shape index (κ1) is 19.1. The third kappa shape index (κ3) is 4.54. The maximum Gasteiger partial charge on any atom is 0.416 e. The van der Waals surface area contributed by atoms with Crippen LogP contribution < -0.4 is 5.32 Å². The van der Waals surface area contributed by atoms with E-state index in [0.717, 1.165) is 17.4 Å². The van der Waals surface area contributed by atoms with Gasteiger partial charge in [-0.15, -0.1) is 11.3 Å². The highest BCUT2D eigenvalue weighted by atomic mass is 32.1. The lowest BCUT2D eigenvalue weighted by atomic mass is 10.0. The molecular weight excluding hydrogens is 383 g/mol. The van der Waals surface area contributed by atoms with E-state index in [-0.39, 0.29) is 12.0 Å². The molecule has 0 unspecified atom stereocenters. The maximum absolute atomic E-state index is 13.1. The highest BCUT2D eigenvalue weighted by molar-refractivity contribution is 7.12. The summed E-state index contributed by atoms with van der Waals surface area (Å²) in [5.41, 5.74) is -0.728. The van der Waals surface area contributed by atoms with Gasteiger partial charge in [-0.3, -0.25) is 19.7 Å². The number of carbonyl (C=O) groups is 3. The van der Waals surface area contributed by atoms with Gasteiger partial charge in [-0.25, -0.2) is 0 Å². The van der Waals surface area contributed by atoms with Crippen LogP contribution in [-0.4, -0.2) is 24.4 Å². The van der Waals surface area contributed by atoms with E-state index in [1.165, 1.54) is 24.3 Å². The molecule has 0 saturated heterocycles.